The average Bonchev–Trinajstić information content (AvgIpc) is 2.45. The number of aromatic nitrogens is 3. The molecular formula is C15H21N5. The number of aryl methyl sites for hydroxylation is 3. The number of hydrogen-bond donors (Lipinski definition) is 1. The highest BCUT2D eigenvalue weighted by atomic mass is 15.3. The minimum atomic E-state index is 0.856. The van der Waals surface area contributed by atoms with Crippen molar-refractivity contribution in [1.82, 2.24) is 20.0 Å². The highest BCUT2D eigenvalue weighted by molar-refractivity contribution is 5.63. The second kappa shape index (κ2) is 5.86. The van der Waals surface area contributed by atoms with Crippen molar-refractivity contribution in [1.29, 1.82) is 0 Å². The second-order valence-electron chi connectivity index (χ2n) is 4.73. The predicted molar refractivity (Wildman–Crippen MR) is 79.9 cm³/mol. The van der Waals surface area contributed by atoms with E-state index in [1.807, 2.05) is 31.7 Å². The summed E-state index contributed by atoms with van der Waals surface area (Å²) < 4.78 is 1.97. The van der Waals surface area contributed by atoms with Gasteiger partial charge in [-0.05, 0) is 26.3 Å². The molecule has 0 fully saturated rings. The maximum atomic E-state index is 4.62. The summed E-state index contributed by atoms with van der Waals surface area (Å²) in [5.41, 5.74) is 7.87. The molecule has 2 heterocycles. The quantitative estimate of drug-likeness (QED) is 0.864. The van der Waals surface area contributed by atoms with Crippen LogP contribution in [0.1, 0.15) is 24.1 Å². The molecule has 20 heavy (non-hydrogen) atoms. The van der Waals surface area contributed by atoms with Gasteiger partial charge in [-0.1, -0.05) is 13.0 Å². The molecule has 2 aromatic heterocycles. The molecule has 0 aliphatic rings. The Morgan fingerprint density at radius 1 is 1.25 bits per heavy atom. The first-order valence-corrected chi connectivity index (χ1v) is 6.78. The molecule has 2 rings (SSSR count). The van der Waals surface area contributed by atoms with Crippen LogP contribution in [-0.2, 0) is 13.5 Å². The van der Waals surface area contributed by atoms with E-state index in [0.29, 0.717) is 0 Å². The minimum Gasteiger partial charge on any atom is -0.316 e. The molecule has 0 aliphatic heterocycles. The van der Waals surface area contributed by atoms with Crippen LogP contribution in [0, 0.1) is 13.8 Å². The first kappa shape index (κ1) is 14.2. The molecule has 0 atom stereocenters. The van der Waals surface area contributed by atoms with Gasteiger partial charge in [0.25, 0.3) is 0 Å². The van der Waals surface area contributed by atoms with Gasteiger partial charge in [-0.3, -0.25) is 4.98 Å². The van der Waals surface area contributed by atoms with Crippen molar-refractivity contribution in [2.24, 2.45) is 12.1 Å². The molecule has 0 aliphatic carbocycles. The van der Waals surface area contributed by atoms with Gasteiger partial charge in [0.2, 0.25) is 0 Å². The zero-order chi connectivity index (χ0) is 14.7. The van der Waals surface area contributed by atoms with Crippen LogP contribution in [0.4, 0.5) is 0 Å². The lowest BCUT2D eigenvalue weighted by Crippen LogP contribution is -2.26. The fourth-order valence-corrected chi connectivity index (χ4v) is 2.16. The fourth-order valence-electron chi connectivity index (χ4n) is 2.16. The standard InChI is InChI=1S/C15H21N5/c1-6-12-7-8-13(10(2)18-12)14-9-17-11(3)20(5)15(14)19-16-4/h7-9,16H,6H2,1-5H3/b19-15-. The third-order valence-corrected chi connectivity index (χ3v) is 3.44. The molecule has 106 valence electrons. The molecular weight excluding hydrogens is 250 g/mol. The lowest BCUT2D eigenvalue weighted by atomic mass is 10.1. The van der Waals surface area contributed by atoms with Crippen molar-refractivity contribution in [3.8, 4) is 11.1 Å². The normalized spacial score (nSPS) is 11.8. The van der Waals surface area contributed by atoms with Gasteiger partial charge in [0.15, 0.2) is 5.49 Å². The lowest BCUT2D eigenvalue weighted by molar-refractivity contribution is 0.715. The zero-order valence-electron chi connectivity index (χ0n) is 12.7. The Labute approximate surface area is 119 Å². The van der Waals surface area contributed by atoms with E-state index < -0.39 is 0 Å². The molecule has 0 spiro atoms. The van der Waals surface area contributed by atoms with E-state index in [1.165, 1.54) is 0 Å². The average molecular weight is 271 g/mol. The number of nitrogens with one attached hydrogen (secondary N) is 1. The van der Waals surface area contributed by atoms with E-state index in [1.54, 1.807) is 7.05 Å². The predicted octanol–water partition coefficient (Wildman–Crippen LogP) is 1.70. The van der Waals surface area contributed by atoms with Crippen molar-refractivity contribution >= 4 is 0 Å². The Balaban J connectivity index is 2.70. The monoisotopic (exact) mass is 271 g/mol. The summed E-state index contributed by atoms with van der Waals surface area (Å²) in [6.45, 7) is 6.10. The van der Waals surface area contributed by atoms with Crippen LogP contribution in [-0.4, -0.2) is 21.6 Å². The molecule has 0 amide bonds. The van der Waals surface area contributed by atoms with E-state index in [4.69, 9.17) is 0 Å². The summed E-state index contributed by atoms with van der Waals surface area (Å²) in [5.74, 6) is 0.915. The van der Waals surface area contributed by atoms with Gasteiger partial charge in [-0.25, -0.2) is 4.98 Å². The molecule has 0 radical (unpaired) electrons. The summed E-state index contributed by atoms with van der Waals surface area (Å²) in [6.07, 6.45) is 2.80. The number of hydrogen-bond acceptors (Lipinski definition) is 4. The van der Waals surface area contributed by atoms with Crippen molar-refractivity contribution < 1.29 is 0 Å². The van der Waals surface area contributed by atoms with Gasteiger partial charge in [-0.15, -0.1) is 0 Å². The van der Waals surface area contributed by atoms with Gasteiger partial charge in [0, 0.05) is 42.8 Å². The molecule has 5 nitrogen and oxygen atoms in total. The topological polar surface area (TPSA) is 55.1 Å². The molecule has 2 aromatic rings. The Morgan fingerprint density at radius 2 is 2.00 bits per heavy atom. The molecule has 0 aromatic carbocycles. The lowest BCUT2D eigenvalue weighted by Gasteiger charge is -2.11. The van der Waals surface area contributed by atoms with Crippen molar-refractivity contribution in [2.45, 2.75) is 27.2 Å². The largest absolute Gasteiger partial charge is 0.316 e. The summed E-state index contributed by atoms with van der Waals surface area (Å²) in [6, 6.07) is 4.16. The molecule has 0 saturated heterocycles. The van der Waals surface area contributed by atoms with Crippen molar-refractivity contribution in [3.05, 3.63) is 41.0 Å². The highest BCUT2D eigenvalue weighted by Gasteiger charge is 2.09. The Morgan fingerprint density at radius 3 is 2.60 bits per heavy atom. The summed E-state index contributed by atoms with van der Waals surface area (Å²) in [4.78, 5) is 9.05. The van der Waals surface area contributed by atoms with Gasteiger partial charge in [0.1, 0.15) is 5.82 Å². The molecule has 0 unspecified atom stereocenters. The third kappa shape index (κ3) is 2.57. The Kier molecular flexibility index (Phi) is 4.17. The summed E-state index contributed by atoms with van der Waals surface area (Å²) >= 11 is 0. The van der Waals surface area contributed by atoms with Crippen molar-refractivity contribution in [3.63, 3.8) is 0 Å². The Bertz CT molecular complexity index is 685. The van der Waals surface area contributed by atoms with E-state index in [0.717, 1.165) is 40.2 Å². The van der Waals surface area contributed by atoms with E-state index in [2.05, 4.69) is 39.6 Å². The SMILES string of the molecule is CCc1ccc(-c2cnc(C)n(C)/c2=N\NC)c(C)n1. The number of pyridine rings is 1. The zero-order valence-corrected chi connectivity index (χ0v) is 12.7. The summed E-state index contributed by atoms with van der Waals surface area (Å²) in [5, 5.41) is 4.37. The van der Waals surface area contributed by atoms with Crippen LogP contribution in [0.25, 0.3) is 11.1 Å². The smallest absolute Gasteiger partial charge is 0.163 e. The van der Waals surface area contributed by atoms with Crippen LogP contribution in [0.5, 0.6) is 0 Å². The van der Waals surface area contributed by atoms with Gasteiger partial charge < -0.3 is 9.99 Å². The minimum absolute atomic E-state index is 0.856. The van der Waals surface area contributed by atoms with E-state index >= 15 is 0 Å². The van der Waals surface area contributed by atoms with Gasteiger partial charge >= 0.3 is 0 Å². The highest BCUT2D eigenvalue weighted by Crippen LogP contribution is 2.18. The van der Waals surface area contributed by atoms with E-state index in [-0.39, 0.29) is 0 Å². The van der Waals surface area contributed by atoms with Crippen LogP contribution in [0.3, 0.4) is 0 Å². The van der Waals surface area contributed by atoms with Crippen LogP contribution in [0.2, 0.25) is 0 Å². The van der Waals surface area contributed by atoms with Gasteiger partial charge in [0.05, 0.1) is 0 Å². The summed E-state index contributed by atoms with van der Waals surface area (Å²) in [7, 11) is 3.76. The molecule has 0 bridgehead atoms. The third-order valence-electron chi connectivity index (χ3n) is 3.44. The first-order valence-electron chi connectivity index (χ1n) is 6.78. The number of nitrogens with zero attached hydrogens (tertiary/aromatic N) is 4. The van der Waals surface area contributed by atoms with Crippen LogP contribution < -0.4 is 10.9 Å². The molecule has 1 N–H and O–H groups in total. The fraction of sp³-hybridized carbons (Fsp3) is 0.400. The van der Waals surface area contributed by atoms with Gasteiger partial charge in [-0.2, -0.15) is 5.10 Å². The van der Waals surface area contributed by atoms with Crippen LogP contribution in [0.15, 0.2) is 23.4 Å². The maximum Gasteiger partial charge on any atom is 0.163 e. The van der Waals surface area contributed by atoms with E-state index in [9.17, 15) is 0 Å². The van der Waals surface area contributed by atoms with Crippen LogP contribution >= 0.6 is 0 Å². The molecule has 0 saturated carbocycles. The number of rotatable bonds is 3. The van der Waals surface area contributed by atoms with Crippen molar-refractivity contribution in [2.75, 3.05) is 7.05 Å². The maximum absolute atomic E-state index is 4.62. The Hall–Kier alpha value is -2.17. The first-order chi connectivity index (χ1) is 9.58. The molecule has 5 heteroatoms. The second-order valence-corrected chi connectivity index (χ2v) is 4.73.